The first-order valence-electron chi connectivity index (χ1n) is 24.3. The van der Waals surface area contributed by atoms with Crippen LogP contribution in [0.2, 0.25) is 0 Å². The molecule has 4 aromatic carbocycles. The molecule has 0 saturated carbocycles. The van der Waals surface area contributed by atoms with Gasteiger partial charge in [0.25, 0.3) is 0 Å². The number of fused-ring (bicyclic) bond motifs is 5. The van der Waals surface area contributed by atoms with Crippen LogP contribution in [0.25, 0.3) is 22.3 Å². The first kappa shape index (κ1) is 43.9. The average Bonchev–Trinajstić information content (AvgIpc) is 3.72. The number of allylic oxidation sites excluding steroid dienone is 4. The van der Waals surface area contributed by atoms with Crippen molar-refractivity contribution in [2.24, 2.45) is 0 Å². The third kappa shape index (κ3) is 8.14. The normalized spacial score (nSPS) is 17.5. The molecule has 2 nitrogen and oxygen atoms in total. The maximum Gasteiger partial charge on any atom is 0.209 e. The molecule has 0 fully saturated rings. The molecule has 60 heavy (non-hydrogen) atoms. The molecule has 2 heterocycles. The minimum Gasteiger partial charge on any atom is -0.344 e. The fourth-order valence-corrected chi connectivity index (χ4v) is 11.4. The Morgan fingerprint density at radius 3 is 1.70 bits per heavy atom. The summed E-state index contributed by atoms with van der Waals surface area (Å²) >= 11 is 0. The first-order valence-corrected chi connectivity index (χ1v) is 24.3. The largest absolute Gasteiger partial charge is 0.344 e. The number of hydrogen-bond donors (Lipinski definition) is 0. The van der Waals surface area contributed by atoms with Gasteiger partial charge in [-0.15, -0.1) is 0 Å². The van der Waals surface area contributed by atoms with Crippen molar-refractivity contribution < 1.29 is 4.58 Å². The summed E-state index contributed by atoms with van der Waals surface area (Å²) in [7, 11) is 0. The van der Waals surface area contributed by atoms with Crippen molar-refractivity contribution in [3.8, 4) is 22.3 Å². The summed E-state index contributed by atoms with van der Waals surface area (Å²) in [6.07, 6.45) is 25.7. The van der Waals surface area contributed by atoms with Crippen LogP contribution < -0.4 is 4.90 Å². The number of unbranched alkanes of at least 4 members (excludes halogenated alkanes) is 10. The molecule has 7 rings (SSSR count). The van der Waals surface area contributed by atoms with Crippen molar-refractivity contribution in [3.63, 3.8) is 0 Å². The lowest BCUT2D eigenvalue weighted by molar-refractivity contribution is -0.433. The minimum atomic E-state index is -0.129. The van der Waals surface area contributed by atoms with Crippen LogP contribution in [0.15, 0.2) is 96.7 Å². The van der Waals surface area contributed by atoms with E-state index in [1.54, 1.807) is 11.1 Å². The van der Waals surface area contributed by atoms with E-state index in [9.17, 15) is 0 Å². The summed E-state index contributed by atoms with van der Waals surface area (Å²) in [6.45, 7) is 25.3. The van der Waals surface area contributed by atoms with Crippen molar-refractivity contribution >= 4 is 17.1 Å². The maximum absolute atomic E-state index is 2.64. The summed E-state index contributed by atoms with van der Waals surface area (Å²) in [6, 6.07) is 29.2. The van der Waals surface area contributed by atoms with Gasteiger partial charge in [0, 0.05) is 46.5 Å². The van der Waals surface area contributed by atoms with Gasteiger partial charge in [-0.3, -0.25) is 0 Å². The molecule has 0 saturated heterocycles. The van der Waals surface area contributed by atoms with E-state index in [2.05, 4.69) is 170 Å². The highest BCUT2D eigenvalue weighted by atomic mass is 15.2. The molecule has 3 aliphatic rings. The van der Waals surface area contributed by atoms with Crippen LogP contribution in [0.3, 0.4) is 0 Å². The predicted molar refractivity (Wildman–Crippen MR) is 262 cm³/mol. The number of rotatable bonds is 19. The zero-order valence-electron chi connectivity index (χ0n) is 39.4. The lowest BCUT2D eigenvalue weighted by Gasteiger charge is -2.33. The zero-order chi connectivity index (χ0) is 42.7. The van der Waals surface area contributed by atoms with Gasteiger partial charge in [0.15, 0.2) is 5.71 Å². The topological polar surface area (TPSA) is 6.25 Å². The van der Waals surface area contributed by atoms with Crippen LogP contribution in [0, 0.1) is 13.8 Å². The molecule has 1 aliphatic carbocycles. The molecular formula is C58H77N2+. The van der Waals surface area contributed by atoms with E-state index in [0.29, 0.717) is 0 Å². The first-order chi connectivity index (χ1) is 28.9. The third-order valence-electron chi connectivity index (χ3n) is 14.8. The number of hydrogen-bond acceptors (Lipinski definition) is 1. The van der Waals surface area contributed by atoms with Gasteiger partial charge in [0.05, 0.1) is 5.41 Å². The van der Waals surface area contributed by atoms with Crippen LogP contribution in [0.5, 0.6) is 0 Å². The van der Waals surface area contributed by atoms with Gasteiger partial charge in [0.1, 0.15) is 6.54 Å². The van der Waals surface area contributed by atoms with E-state index in [1.165, 1.54) is 157 Å². The van der Waals surface area contributed by atoms with E-state index in [1.807, 2.05) is 0 Å². The van der Waals surface area contributed by atoms with Crippen LogP contribution in [0.1, 0.15) is 179 Å². The molecular weight excluding hydrogens is 725 g/mol. The molecule has 0 amide bonds. The minimum absolute atomic E-state index is 0.0449. The zero-order valence-corrected chi connectivity index (χ0v) is 39.4. The monoisotopic (exact) mass is 802 g/mol. The fourth-order valence-electron chi connectivity index (χ4n) is 11.4. The van der Waals surface area contributed by atoms with Gasteiger partial charge in [-0.2, -0.15) is 4.58 Å². The van der Waals surface area contributed by atoms with Gasteiger partial charge in [0.2, 0.25) is 5.69 Å². The molecule has 2 heteroatoms. The molecule has 0 aromatic heterocycles. The highest BCUT2D eigenvalue weighted by Gasteiger charge is 2.45. The number of aryl methyl sites for hydroxylation is 2. The Hall–Kier alpha value is -4.17. The highest BCUT2D eigenvalue weighted by molar-refractivity contribution is 6.03. The predicted octanol–water partition coefficient (Wildman–Crippen LogP) is 16.4. The van der Waals surface area contributed by atoms with Gasteiger partial charge >= 0.3 is 0 Å². The standard InChI is InChI=1S/C58H77N2/c1-11-15-17-19-21-23-36-58(37-24-22-20-18-16-12-2)48-38-42(5)28-32-46(48)47-33-30-44(40-49(47)58)45-31-35-53-51(41-45)57(9,10)55(60(53)14-4)27-25-26-54-56(7,8)50-39-43(6)29-34-52(50)59(54)13-3/h25-35,38-41H,11-24,36-37H2,1-10H3/q+1. The van der Waals surface area contributed by atoms with Crippen LogP contribution in [-0.4, -0.2) is 23.4 Å². The molecule has 4 aromatic rings. The summed E-state index contributed by atoms with van der Waals surface area (Å²) < 4.78 is 2.55. The van der Waals surface area contributed by atoms with Gasteiger partial charge in [-0.25, -0.2) is 0 Å². The van der Waals surface area contributed by atoms with Crippen LogP contribution >= 0.6 is 0 Å². The Labute approximate surface area is 365 Å². The summed E-state index contributed by atoms with van der Waals surface area (Å²) in [5.74, 6) is 0. The van der Waals surface area contributed by atoms with Gasteiger partial charge in [-0.1, -0.05) is 164 Å². The number of anilines is 1. The molecule has 0 spiro atoms. The van der Waals surface area contributed by atoms with E-state index in [4.69, 9.17) is 0 Å². The van der Waals surface area contributed by atoms with E-state index < -0.39 is 0 Å². The van der Waals surface area contributed by atoms with Crippen LogP contribution in [0.4, 0.5) is 11.4 Å². The van der Waals surface area contributed by atoms with Gasteiger partial charge in [-0.05, 0) is 124 Å². The lowest BCUT2D eigenvalue weighted by Crippen LogP contribution is -2.28. The number of nitrogens with zero attached hydrogens (tertiary/aromatic N) is 2. The number of likely N-dealkylation sites (N-methyl/N-ethyl adjacent to an activating group) is 1. The van der Waals surface area contributed by atoms with E-state index in [-0.39, 0.29) is 16.2 Å². The SMILES string of the molecule is CCCCCCCCC1(CCCCCCCC)c2cc(C)ccc2-c2ccc(-c3ccc4c(c3)C(C)(C)C(C=CC=C3N(CC)c5ccc(C)cc5C3(C)C)=[N+]4CC)cc21. The van der Waals surface area contributed by atoms with E-state index in [0.717, 1.165) is 13.1 Å². The van der Waals surface area contributed by atoms with Crippen molar-refractivity contribution in [2.45, 2.75) is 175 Å². The molecule has 0 atom stereocenters. The Morgan fingerprint density at radius 2 is 1.08 bits per heavy atom. The Bertz CT molecular complexity index is 2240. The van der Waals surface area contributed by atoms with Crippen molar-refractivity contribution in [3.05, 3.63) is 130 Å². The summed E-state index contributed by atoms with van der Waals surface area (Å²) in [5.41, 5.74) is 19.8. The van der Waals surface area contributed by atoms with Crippen molar-refractivity contribution in [1.29, 1.82) is 0 Å². The molecule has 2 aliphatic heterocycles. The Kier molecular flexibility index (Phi) is 13.5. The summed E-state index contributed by atoms with van der Waals surface area (Å²) in [4.78, 5) is 2.51. The smallest absolute Gasteiger partial charge is 0.209 e. The Morgan fingerprint density at radius 1 is 0.550 bits per heavy atom. The fraction of sp³-hybridized carbons (Fsp3) is 0.500. The maximum atomic E-state index is 2.64. The summed E-state index contributed by atoms with van der Waals surface area (Å²) in [5, 5.41) is 0. The molecule has 0 bridgehead atoms. The quantitative estimate of drug-likeness (QED) is 0.0676. The average molecular weight is 802 g/mol. The molecule has 0 radical (unpaired) electrons. The second-order valence-corrected chi connectivity index (χ2v) is 19.7. The van der Waals surface area contributed by atoms with Gasteiger partial charge < -0.3 is 4.90 Å². The molecule has 318 valence electrons. The Balaban J connectivity index is 1.22. The molecule has 0 N–H and O–H groups in total. The third-order valence-corrected chi connectivity index (χ3v) is 14.8. The second kappa shape index (κ2) is 18.4. The second-order valence-electron chi connectivity index (χ2n) is 19.7. The number of benzene rings is 4. The van der Waals surface area contributed by atoms with Crippen LogP contribution in [-0.2, 0) is 16.2 Å². The molecule has 0 unspecified atom stereocenters. The van der Waals surface area contributed by atoms with Crippen molar-refractivity contribution in [1.82, 2.24) is 0 Å². The van der Waals surface area contributed by atoms with Crippen molar-refractivity contribution in [2.75, 3.05) is 18.0 Å². The van der Waals surface area contributed by atoms with E-state index >= 15 is 0 Å². The highest BCUT2D eigenvalue weighted by Crippen LogP contribution is 2.56. The lowest BCUT2D eigenvalue weighted by atomic mass is 9.70.